The van der Waals surface area contributed by atoms with Gasteiger partial charge in [-0.1, -0.05) is 36.4 Å². The molecule has 29 heavy (non-hydrogen) atoms. The number of thioether (sulfide) groups is 1. The summed E-state index contributed by atoms with van der Waals surface area (Å²) in [6.45, 7) is 0. The van der Waals surface area contributed by atoms with Crippen LogP contribution in [-0.4, -0.2) is 39.1 Å². The summed E-state index contributed by atoms with van der Waals surface area (Å²) in [5, 5.41) is 21.1. The van der Waals surface area contributed by atoms with E-state index in [4.69, 9.17) is 0 Å². The number of amides is 1. The zero-order chi connectivity index (χ0) is 20.1. The maximum atomic E-state index is 12.7. The number of nitrogens with one attached hydrogen (secondary N) is 1. The SMILES string of the molecule is CN1C(=O)/C(=C(\Sc2nnc3c(n2)[nH]c2ccccc23)C(=O)[O-])c2ccccc21. The number of aromatic nitrogens is 4. The van der Waals surface area contributed by atoms with Crippen LogP contribution in [0, 0.1) is 0 Å². The number of carboxylic acids is 1. The van der Waals surface area contributed by atoms with Crippen molar-refractivity contribution in [2.24, 2.45) is 0 Å². The second-order valence-corrected chi connectivity index (χ2v) is 7.41. The Kier molecular flexibility index (Phi) is 3.85. The summed E-state index contributed by atoms with van der Waals surface area (Å²) < 4.78 is 0. The summed E-state index contributed by atoms with van der Waals surface area (Å²) in [4.78, 5) is 33.3. The topological polar surface area (TPSA) is 115 Å². The largest absolute Gasteiger partial charge is 0.544 e. The Bertz CT molecular complexity index is 1360. The summed E-state index contributed by atoms with van der Waals surface area (Å²) in [5.41, 5.74) is 3.17. The third kappa shape index (κ3) is 2.66. The number of nitrogens with zero attached hydrogens (tertiary/aromatic N) is 4. The van der Waals surface area contributed by atoms with Crippen LogP contribution in [0.15, 0.2) is 58.6 Å². The van der Waals surface area contributed by atoms with Gasteiger partial charge >= 0.3 is 0 Å². The molecule has 0 bridgehead atoms. The molecule has 1 aliphatic heterocycles. The normalized spacial score (nSPS) is 15.2. The van der Waals surface area contributed by atoms with E-state index in [1.165, 1.54) is 4.90 Å². The van der Waals surface area contributed by atoms with Gasteiger partial charge < -0.3 is 19.8 Å². The number of carbonyl (C=O) groups is 2. The van der Waals surface area contributed by atoms with E-state index in [0.717, 1.165) is 22.7 Å². The molecule has 142 valence electrons. The van der Waals surface area contributed by atoms with E-state index in [2.05, 4.69) is 20.2 Å². The Hall–Kier alpha value is -3.72. The standard InChI is InChI=1S/C20H13N5O3S/c1-25-13-9-5-3-7-11(13)14(18(25)26)16(19(27)28)29-20-22-17-15(23-24-20)10-6-2-4-8-12(10)21-17/h2-9H,1H3,(H,27,28)(H,21,22,24)/p-1/b16-14-. The van der Waals surface area contributed by atoms with Gasteiger partial charge in [0.05, 0.1) is 22.1 Å². The van der Waals surface area contributed by atoms with Gasteiger partial charge in [0.2, 0.25) is 5.16 Å². The van der Waals surface area contributed by atoms with Gasteiger partial charge in [0, 0.05) is 23.5 Å². The smallest absolute Gasteiger partial charge is 0.259 e. The lowest BCUT2D eigenvalue weighted by molar-refractivity contribution is -0.298. The monoisotopic (exact) mass is 402 g/mol. The highest BCUT2D eigenvalue weighted by molar-refractivity contribution is 8.04. The molecular weight excluding hydrogens is 390 g/mol. The molecule has 0 radical (unpaired) electrons. The highest BCUT2D eigenvalue weighted by Gasteiger charge is 2.33. The highest BCUT2D eigenvalue weighted by Crippen LogP contribution is 2.41. The molecule has 0 saturated carbocycles. The van der Waals surface area contributed by atoms with E-state index in [-0.39, 0.29) is 15.6 Å². The Morgan fingerprint density at radius 2 is 1.86 bits per heavy atom. The van der Waals surface area contributed by atoms with Crippen LogP contribution in [-0.2, 0) is 9.59 Å². The molecule has 0 aliphatic carbocycles. The van der Waals surface area contributed by atoms with Crippen molar-refractivity contribution in [1.29, 1.82) is 0 Å². The molecule has 2 aromatic heterocycles. The second-order valence-electron chi connectivity index (χ2n) is 6.44. The number of aliphatic carboxylic acids is 1. The van der Waals surface area contributed by atoms with Gasteiger partial charge in [-0.2, -0.15) is 0 Å². The van der Waals surface area contributed by atoms with Crippen LogP contribution >= 0.6 is 11.8 Å². The number of benzene rings is 2. The van der Waals surface area contributed by atoms with Gasteiger partial charge in [0.1, 0.15) is 5.52 Å². The number of rotatable bonds is 3. The first kappa shape index (κ1) is 17.4. The average molecular weight is 402 g/mol. The van der Waals surface area contributed by atoms with E-state index in [1.807, 2.05) is 24.3 Å². The Morgan fingerprint density at radius 1 is 1.10 bits per heavy atom. The number of hydrogen-bond donors (Lipinski definition) is 1. The van der Waals surface area contributed by atoms with Crippen molar-refractivity contribution in [3.8, 4) is 0 Å². The summed E-state index contributed by atoms with van der Waals surface area (Å²) in [6, 6.07) is 14.6. The second kappa shape index (κ2) is 6.42. The van der Waals surface area contributed by atoms with Gasteiger partial charge in [0.25, 0.3) is 5.91 Å². The quantitative estimate of drug-likeness (QED) is 0.410. The van der Waals surface area contributed by atoms with Crippen molar-refractivity contribution in [3.63, 3.8) is 0 Å². The van der Waals surface area contributed by atoms with Gasteiger partial charge in [-0.25, -0.2) is 4.98 Å². The number of fused-ring (bicyclic) bond motifs is 4. The third-order valence-corrected chi connectivity index (χ3v) is 5.69. The van der Waals surface area contributed by atoms with Crippen molar-refractivity contribution in [2.75, 3.05) is 11.9 Å². The van der Waals surface area contributed by atoms with Crippen LogP contribution in [0.4, 0.5) is 5.69 Å². The molecule has 0 spiro atoms. The number of H-pyrrole nitrogens is 1. The molecule has 9 heteroatoms. The Balaban J connectivity index is 1.64. The van der Waals surface area contributed by atoms with E-state index < -0.39 is 11.9 Å². The zero-order valence-electron chi connectivity index (χ0n) is 15.0. The predicted molar refractivity (Wildman–Crippen MR) is 107 cm³/mol. The molecule has 5 rings (SSSR count). The Morgan fingerprint density at radius 3 is 2.69 bits per heavy atom. The first-order chi connectivity index (χ1) is 14.0. The van der Waals surface area contributed by atoms with Crippen molar-refractivity contribution >= 4 is 57.0 Å². The lowest BCUT2D eigenvalue weighted by Crippen LogP contribution is -2.27. The summed E-state index contributed by atoms with van der Waals surface area (Å²) in [6.07, 6.45) is 0. The number of likely N-dealkylation sites (N-methyl/N-ethyl adjacent to an activating group) is 1. The van der Waals surface area contributed by atoms with Crippen LogP contribution in [0.1, 0.15) is 5.56 Å². The van der Waals surface area contributed by atoms with E-state index in [0.29, 0.717) is 22.4 Å². The minimum absolute atomic E-state index is 0.0634. The number of hydrogen-bond acceptors (Lipinski definition) is 7. The fourth-order valence-corrected chi connectivity index (χ4v) is 4.21. The van der Waals surface area contributed by atoms with E-state index in [1.54, 1.807) is 31.3 Å². The minimum Gasteiger partial charge on any atom is -0.544 e. The van der Waals surface area contributed by atoms with E-state index in [9.17, 15) is 14.7 Å². The summed E-state index contributed by atoms with van der Waals surface area (Å²) >= 11 is 0.754. The molecule has 4 aromatic rings. The minimum atomic E-state index is -1.47. The number of para-hydroxylation sites is 2. The lowest BCUT2D eigenvalue weighted by Gasteiger charge is -2.11. The first-order valence-electron chi connectivity index (χ1n) is 8.66. The number of carboxylic acid groups (broad SMARTS) is 1. The fraction of sp³-hybridized carbons (Fsp3) is 0.0500. The predicted octanol–water partition coefficient (Wildman–Crippen LogP) is 1.74. The van der Waals surface area contributed by atoms with Crippen molar-refractivity contribution < 1.29 is 14.7 Å². The zero-order valence-corrected chi connectivity index (χ0v) is 15.9. The molecule has 0 saturated heterocycles. The molecule has 8 nitrogen and oxygen atoms in total. The molecule has 1 aliphatic rings. The average Bonchev–Trinajstić information content (AvgIpc) is 3.21. The van der Waals surface area contributed by atoms with Gasteiger partial charge in [-0.15, -0.1) is 10.2 Å². The van der Waals surface area contributed by atoms with Crippen LogP contribution in [0.3, 0.4) is 0 Å². The number of carbonyl (C=O) groups excluding carboxylic acids is 2. The van der Waals surface area contributed by atoms with Gasteiger partial charge in [-0.3, -0.25) is 4.79 Å². The van der Waals surface area contributed by atoms with Crippen molar-refractivity contribution in [1.82, 2.24) is 20.2 Å². The highest BCUT2D eigenvalue weighted by atomic mass is 32.2. The lowest BCUT2D eigenvalue weighted by atomic mass is 10.1. The first-order valence-corrected chi connectivity index (χ1v) is 9.48. The third-order valence-electron chi connectivity index (χ3n) is 4.76. The molecule has 0 atom stereocenters. The van der Waals surface area contributed by atoms with Gasteiger partial charge in [0.15, 0.2) is 5.65 Å². The molecule has 0 unspecified atom stereocenters. The molecular formula is C20H12N5O3S-. The van der Waals surface area contributed by atoms with Crippen LogP contribution in [0.25, 0.3) is 27.6 Å². The number of aromatic amines is 1. The summed E-state index contributed by atoms with van der Waals surface area (Å²) in [7, 11) is 1.60. The van der Waals surface area contributed by atoms with Gasteiger partial charge in [-0.05, 0) is 23.9 Å². The molecule has 1 N–H and O–H groups in total. The fourth-order valence-electron chi connectivity index (χ4n) is 3.42. The molecule has 0 fully saturated rings. The maximum Gasteiger partial charge on any atom is 0.259 e. The van der Waals surface area contributed by atoms with Crippen molar-refractivity contribution in [2.45, 2.75) is 5.16 Å². The molecule has 3 heterocycles. The van der Waals surface area contributed by atoms with Crippen LogP contribution in [0.2, 0.25) is 0 Å². The van der Waals surface area contributed by atoms with E-state index >= 15 is 0 Å². The summed E-state index contributed by atoms with van der Waals surface area (Å²) in [5.74, 6) is -1.89. The van der Waals surface area contributed by atoms with Crippen LogP contribution < -0.4 is 10.0 Å². The molecule has 2 aromatic carbocycles. The maximum absolute atomic E-state index is 12.7. The Labute approximate surface area is 168 Å². The van der Waals surface area contributed by atoms with Crippen molar-refractivity contribution in [3.05, 3.63) is 59.0 Å². The number of anilines is 1. The van der Waals surface area contributed by atoms with Crippen LogP contribution in [0.5, 0.6) is 0 Å². The molecule has 1 amide bonds.